The predicted octanol–water partition coefficient (Wildman–Crippen LogP) is 8.52. The summed E-state index contributed by atoms with van der Waals surface area (Å²) < 4.78 is 2.31. The Hall–Kier alpha value is -3.91. The van der Waals surface area contributed by atoms with Gasteiger partial charge in [-0.15, -0.1) is 0 Å². The molecule has 0 fully saturated rings. The van der Waals surface area contributed by atoms with Crippen molar-refractivity contribution in [1.29, 1.82) is 0 Å². The van der Waals surface area contributed by atoms with E-state index in [2.05, 4.69) is 118 Å². The van der Waals surface area contributed by atoms with Crippen LogP contribution in [-0.4, -0.2) is 9.38 Å². The minimum Gasteiger partial charge on any atom is -0.298 e. The summed E-state index contributed by atoms with van der Waals surface area (Å²) >= 11 is 0. The molecule has 0 radical (unpaired) electrons. The monoisotopic (exact) mass is 440 g/mol. The van der Waals surface area contributed by atoms with Gasteiger partial charge in [0.15, 0.2) is 0 Å². The highest BCUT2D eigenvalue weighted by atomic mass is 15.0. The first-order valence-electron chi connectivity index (χ1n) is 11.9. The van der Waals surface area contributed by atoms with Gasteiger partial charge < -0.3 is 0 Å². The quantitative estimate of drug-likeness (QED) is 0.247. The van der Waals surface area contributed by atoms with Crippen LogP contribution in [0.3, 0.4) is 0 Å². The highest BCUT2D eigenvalue weighted by Gasteiger charge is 2.19. The van der Waals surface area contributed by atoms with Gasteiger partial charge in [-0.1, -0.05) is 72.3 Å². The van der Waals surface area contributed by atoms with Crippen LogP contribution in [0.2, 0.25) is 0 Å². The fraction of sp³-hybridized carbons (Fsp3) is 0.156. The summed E-state index contributed by atoms with van der Waals surface area (Å²) in [5.41, 5.74) is 13.4. The van der Waals surface area contributed by atoms with E-state index in [0.29, 0.717) is 0 Å². The molecule has 4 aromatic carbocycles. The van der Waals surface area contributed by atoms with Gasteiger partial charge in [0.2, 0.25) is 0 Å². The molecule has 0 aliphatic heterocycles. The average Bonchev–Trinajstić information content (AvgIpc) is 3.24. The Morgan fingerprint density at radius 2 is 1.29 bits per heavy atom. The molecule has 0 atom stereocenters. The molecule has 34 heavy (non-hydrogen) atoms. The van der Waals surface area contributed by atoms with E-state index in [0.717, 1.165) is 11.3 Å². The fourth-order valence-corrected chi connectivity index (χ4v) is 5.68. The van der Waals surface area contributed by atoms with Gasteiger partial charge >= 0.3 is 0 Å². The number of benzene rings is 4. The zero-order chi connectivity index (χ0) is 23.6. The number of pyridine rings is 1. The highest BCUT2D eigenvalue weighted by molar-refractivity contribution is 6.19. The summed E-state index contributed by atoms with van der Waals surface area (Å²) in [6.07, 6.45) is 2.22. The second-order valence-corrected chi connectivity index (χ2v) is 9.61. The van der Waals surface area contributed by atoms with Gasteiger partial charge in [-0.3, -0.25) is 4.40 Å². The van der Waals surface area contributed by atoms with Gasteiger partial charge in [-0.05, 0) is 74.1 Å². The van der Waals surface area contributed by atoms with Crippen molar-refractivity contribution in [2.24, 2.45) is 0 Å². The summed E-state index contributed by atoms with van der Waals surface area (Å²) in [6, 6.07) is 26.4. The van der Waals surface area contributed by atoms with Gasteiger partial charge in [-0.2, -0.15) is 0 Å². The Kier molecular flexibility index (Phi) is 4.60. The molecule has 0 aliphatic rings. The smallest absolute Gasteiger partial charge is 0.145 e. The van der Waals surface area contributed by atoms with Crippen molar-refractivity contribution in [2.75, 3.05) is 0 Å². The van der Waals surface area contributed by atoms with Gasteiger partial charge in [-0.25, -0.2) is 4.98 Å². The van der Waals surface area contributed by atoms with Gasteiger partial charge in [0, 0.05) is 27.9 Å². The summed E-state index contributed by atoms with van der Waals surface area (Å²) in [5.74, 6) is 0. The molecule has 0 spiro atoms. The highest BCUT2D eigenvalue weighted by Crippen LogP contribution is 2.41. The van der Waals surface area contributed by atoms with Gasteiger partial charge in [0.05, 0.1) is 11.2 Å². The van der Waals surface area contributed by atoms with Gasteiger partial charge in [0.25, 0.3) is 0 Å². The Morgan fingerprint density at radius 3 is 2.06 bits per heavy atom. The Morgan fingerprint density at radius 1 is 0.618 bits per heavy atom. The average molecular weight is 441 g/mol. The van der Waals surface area contributed by atoms with E-state index in [1.807, 2.05) is 0 Å². The molecule has 6 aromatic rings. The van der Waals surface area contributed by atoms with Crippen LogP contribution in [0.25, 0.3) is 49.7 Å². The number of fused-ring (bicyclic) bond motifs is 6. The third-order valence-electron chi connectivity index (χ3n) is 7.14. The van der Waals surface area contributed by atoms with Crippen LogP contribution in [0.5, 0.6) is 0 Å². The van der Waals surface area contributed by atoms with Crippen LogP contribution in [0.15, 0.2) is 79.0 Å². The molecule has 166 valence electrons. The maximum absolute atomic E-state index is 5.23. The molecule has 0 saturated heterocycles. The predicted molar refractivity (Wildman–Crippen MR) is 145 cm³/mol. The Balaban J connectivity index is 1.85. The van der Waals surface area contributed by atoms with Crippen molar-refractivity contribution < 1.29 is 0 Å². The first-order chi connectivity index (χ1) is 16.4. The van der Waals surface area contributed by atoms with Crippen LogP contribution < -0.4 is 0 Å². The van der Waals surface area contributed by atoms with Crippen molar-refractivity contribution in [3.05, 3.63) is 107 Å². The molecular weight excluding hydrogens is 412 g/mol. The van der Waals surface area contributed by atoms with E-state index < -0.39 is 0 Å². The minimum absolute atomic E-state index is 1.01. The molecule has 0 N–H and O–H groups in total. The maximum atomic E-state index is 5.23. The third kappa shape index (κ3) is 2.99. The molecule has 6 rings (SSSR count). The van der Waals surface area contributed by atoms with Crippen molar-refractivity contribution in [2.45, 2.75) is 34.6 Å². The lowest BCUT2D eigenvalue weighted by molar-refractivity contribution is 1.24. The maximum Gasteiger partial charge on any atom is 0.145 e. The summed E-state index contributed by atoms with van der Waals surface area (Å²) in [5, 5.41) is 3.76. The van der Waals surface area contributed by atoms with Crippen molar-refractivity contribution in [1.82, 2.24) is 9.38 Å². The number of imidazole rings is 1. The van der Waals surface area contributed by atoms with Crippen LogP contribution in [0, 0.1) is 34.6 Å². The van der Waals surface area contributed by atoms with Crippen LogP contribution in [0.1, 0.15) is 27.8 Å². The second kappa shape index (κ2) is 7.56. The van der Waals surface area contributed by atoms with E-state index in [-0.39, 0.29) is 0 Å². The third-order valence-corrected chi connectivity index (χ3v) is 7.14. The van der Waals surface area contributed by atoms with Crippen LogP contribution in [-0.2, 0) is 0 Å². The molecule has 2 nitrogen and oxygen atoms in total. The molecule has 2 heteroatoms. The molecule has 0 amide bonds. The summed E-state index contributed by atoms with van der Waals surface area (Å²) in [6.45, 7) is 11.0. The Labute approximate surface area is 200 Å². The van der Waals surface area contributed by atoms with E-state index in [4.69, 9.17) is 4.98 Å². The lowest BCUT2D eigenvalue weighted by Gasteiger charge is -2.17. The zero-order valence-electron chi connectivity index (χ0n) is 20.4. The lowest BCUT2D eigenvalue weighted by atomic mass is 9.89. The van der Waals surface area contributed by atoms with E-state index >= 15 is 0 Å². The zero-order valence-corrected chi connectivity index (χ0v) is 20.4. The van der Waals surface area contributed by atoms with E-state index in [1.54, 1.807) is 0 Å². The number of rotatable bonds is 2. The van der Waals surface area contributed by atoms with Crippen molar-refractivity contribution in [3.8, 4) is 22.4 Å². The van der Waals surface area contributed by atoms with Crippen LogP contribution >= 0.6 is 0 Å². The molecular formula is C32H28N2. The van der Waals surface area contributed by atoms with E-state index in [1.165, 1.54) is 66.2 Å². The standard InChI is InChI=1S/C32H28N2/c1-19-16-23(5)31-27(17-19)30-25(29-21(3)11-8-12-22(29)4)14-9-15-26(30)32-33-28(18-34(31)32)24-13-7-6-10-20(24)2/h6-18H,1-5H3. The number of aromatic nitrogens is 2. The molecule has 0 saturated carbocycles. The topological polar surface area (TPSA) is 17.3 Å². The SMILES string of the molecule is Cc1cc(C)c2c(c1)c1c(-c3c(C)cccc3C)cccc1c1nc(-c3ccccc3C)cn12. The van der Waals surface area contributed by atoms with Crippen molar-refractivity contribution in [3.63, 3.8) is 0 Å². The fourth-order valence-electron chi connectivity index (χ4n) is 5.68. The largest absolute Gasteiger partial charge is 0.298 e. The first-order valence-corrected chi connectivity index (χ1v) is 11.9. The number of hydrogen-bond donors (Lipinski definition) is 0. The summed E-state index contributed by atoms with van der Waals surface area (Å²) in [7, 11) is 0. The van der Waals surface area contributed by atoms with Gasteiger partial charge in [0.1, 0.15) is 5.65 Å². The first kappa shape index (κ1) is 20.7. The normalized spacial score (nSPS) is 11.7. The summed E-state index contributed by atoms with van der Waals surface area (Å²) in [4.78, 5) is 5.23. The number of hydrogen-bond acceptors (Lipinski definition) is 1. The number of aryl methyl sites for hydroxylation is 5. The molecule has 0 unspecified atom stereocenters. The molecule has 0 bridgehead atoms. The minimum atomic E-state index is 1.01. The molecule has 0 aliphatic carbocycles. The lowest BCUT2D eigenvalue weighted by Crippen LogP contribution is -1.96. The second-order valence-electron chi connectivity index (χ2n) is 9.61. The number of nitrogens with zero attached hydrogens (tertiary/aromatic N) is 2. The Bertz CT molecular complexity index is 1730. The van der Waals surface area contributed by atoms with Crippen molar-refractivity contribution >= 4 is 27.3 Å². The van der Waals surface area contributed by atoms with Crippen LogP contribution in [0.4, 0.5) is 0 Å². The molecule has 2 aromatic heterocycles. The van der Waals surface area contributed by atoms with E-state index in [9.17, 15) is 0 Å². The molecule has 2 heterocycles.